The van der Waals surface area contributed by atoms with Crippen molar-refractivity contribution in [1.29, 1.82) is 0 Å². The van der Waals surface area contributed by atoms with Crippen LogP contribution in [0.1, 0.15) is 0 Å². The van der Waals surface area contributed by atoms with Gasteiger partial charge in [0.05, 0.1) is 17.2 Å². The molecule has 2 N–H and O–H groups in total. The normalized spacial score (nSPS) is 9.67. The summed E-state index contributed by atoms with van der Waals surface area (Å²) in [5, 5.41) is 10.8. The summed E-state index contributed by atoms with van der Waals surface area (Å²) < 4.78 is 2.82. The molecular formula is C9H13BrN4S. The Labute approximate surface area is 103 Å². The highest BCUT2D eigenvalue weighted by molar-refractivity contribution is 9.10. The maximum absolute atomic E-state index is 5.03. The first-order valence-electron chi connectivity index (χ1n) is 4.53. The van der Waals surface area contributed by atoms with Crippen molar-refractivity contribution in [2.75, 3.05) is 13.1 Å². The Bertz CT molecular complexity index is 337. The van der Waals surface area contributed by atoms with Crippen LogP contribution in [-0.4, -0.2) is 28.0 Å². The van der Waals surface area contributed by atoms with Gasteiger partial charge < -0.3 is 10.6 Å². The summed E-state index contributed by atoms with van der Waals surface area (Å²) in [6, 6.07) is 0. The third-order valence-corrected chi connectivity index (χ3v) is 2.33. The highest BCUT2D eigenvalue weighted by Gasteiger charge is 1.95. The maximum atomic E-state index is 5.03. The van der Waals surface area contributed by atoms with Gasteiger partial charge in [-0.1, -0.05) is 6.08 Å². The number of nitrogens with one attached hydrogen (secondary N) is 2. The van der Waals surface area contributed by atoms with E-state index in [0.717, 1.165) is 17.6 Å². The van der Waals surface area contributed by atoms with E-state index in [4.69, 9.17) is 12.2 Å². The van der Waals surface area contributed by atoms with Crippen molar-refractivity contribution in [3.63, 3.8) is 0 Å². The van der Waals surface area contributed by atoms with Gasteiger partial charge in [-0.15, -0.1) is 6.58 Å². The van der Waals surface area contributed by atoms with Crippen molar-refractivity contribution in [2.24, 2.45) is 0 Å². The van der Waals surface area contributed by atoms with Crippen molar-refractivity contribution >= 4 is 33.3 Å². The molecule has 1 rings (SSSR count). The third-order valence-electron chi connectivity index (χ3n) is 1.64. The van der Waals surface area contributed by atoms with Crippen LogP contribution in [0.2, 0.25) is 0 Å². The molecule has 82 valence electrons. The Kier molecular flexibility index (Phi) is 5.34. The fraction of sp³-hybridized carbons (Fsp3) is 0.333. The second-order valence-corrected chi connectivity index (χ2v) is 4.17. The van der Waals surface area contributed by atoms with Crippen molar-refractivity contribution in [2.45, 2.75) is 6.54 Å². The molecule has 0 spiro atoms. The Morgan fingerprint density at radius 2 is 2.47 bits per heavy atom. The van der Waals surface area contributed by atoms with Crippen LogP contribution in [0.3, 0.4) is 0 Å². The molecule has 0 aliphatic carbocycles. The molecule has 1 aromatic rings. The van der Waals surface area contributed by atoms with Crippen LogP contribution in [0, 0.1) is 0 Å². The fourth-order valence-electron chi connectivity index (χ4n) is 0.972. The van der Waals surface area contributed by atoms with Crippen LogP contribution < -0.4 is 10.6 Å². The molecular weight excluding hydrogens is 276 g/mol. The molecule has 1 heterocycles. The van der Waals surface area contributed by atoms with E-state index in [-0.39, 0.29) is 0 Å². The molecule has 0 bridgehead atoms. The topological polar surface area (TPSA) is 41.9 Å². The lowest BCUT2D eigenvalue weighted by Gasteiger charge is -2.08. The van der Waals surface area contributed by atoms with Crippen LogP contribution in [0.25, 0.3) is 0 Å². The minimum absolute atomic E-state index is 0.640. The van der Waals surface area contributed by atoms with Gasteiger partial charge in [0.15, 0.2) is 5.11 Å². The zero-order chi connectivity index (χ0) is 11.1. The second-order valence-electron chi connectivity index (χ2n) is 2.85. The van der Waals surface area contributed by atoms with Gasteiger partial charge in [0.25, 0.3) is 0 Å². The van der Waals surface area contributed by atoms with E-state index >= 15 is 0 Å². The van der Waals surface area contributed by atoms with E-state index in [1.807, 2.05) is 10.9 Å². The van der Waals surface area contributed by atoms with Gasteiger partial charge in [0, 0.05) is 19.3 Å². The summed E-state index contributed by atoms with van der Waals surface area (Å²) in [4.78, 5) is 0. The SMILES string of the molecule is C=CCNC(=S)NCCn1cc(Br)cn1. The molecule has 4 nitrogen and oxygen atoms in total. The maximum Gasteiger partial charge on any atom is 0.166 e. The quantitative estimate of drug-likeness (QED) is 0.633. The van der Waals surface area contributed by atoms with Crippen LogP contribution in [0.5, 0.6) is 0 Å². The molecule has 0 fully saturated rings. The average Bonchev–Trinajstić information content (AvgIpc) is 2.61. The Balaban J connectivity index is 2.16. The number of halogens is 1. The van der Waals surface area contributed by atoms with E-state index < -0.39 is 0 Å². The summed E-state index contributed by atoms with van der Waals surface area (Å²) in [6.07, 6.45) is 5.44. The summed E-state index contributed by atoms with van der Waals surface area (Å²) in [7, 11) is 0. The van der Waals surface area contributed by atoms with E-state index in [0.29, 0.717) is 11.7 Å². The van der Waals surface area contributed by atoms with E-state index in [1.165, 1.54) is 0 Å². The highest BCUT2D eigenvalue weighted by atomic mass is 79.9. The van der Waals surface area contributed by atoms with Crippen LogP contribution >= 0.6 is 28.1 Å². The number of rotatable bonds is 5. The molecule has 6 heteroatoms. The molecule has 0 amide bonds. The Morgan fingerprint density at radius 3 is 3.07 bits per heavy atom. The zero-order valence-corrected chi connectivity index (χ0v) is 10.6. The molecule has 0 aliphatic heterocycles. The lowest BCUT2D eigenvalue weighted by molar-refractivity contribution is 0.601. The van der Waals surface area contributed by atoms with Gasteiger partial charge in [-0.25, -0.2) is 0 Å². The fourth-order valence-corrected chi connectivity index (χ4v) is 1.49. The first kappa shape index (κ1) is 12.2. The molecule has 0 saturated heterocycles. The number of hydrogen-bond donors (Lipinski definition) is 2. The smallest absolute Gasteiger partial charge is 0.166 e. The highest BCUT2D eigenvalue weighted by Crippen LogP contribution is 2.05. The summed E-state index contributed by atoms with van der Waals surface area (Å²) in [5.41, 5.74) is 0. The largest absolute Gasteiger partial charge is 0.361 e. The number of hydrogen-bond acceptors (Lipinski definition) is 2. The average molecular weight is 289 g/mol. The minimum atomic E-state index is 0.640. The van der Waals surface area contributed by atoms with Crippen molar-refractivity contribution in [1.82, 2.24) is 20.4 Å². The number of aromatic nitrogens is 2. The zero-order valence-electron chi connectivity index (χ0n) is 8.24. The molecule has 1 aromatic heterocycles. The van der Waals surface area contributed by atoms with Crippen LogP contribution in [-0.2, 0) is 6.54 Å². The molecule has 0 saturated carbocycles. The standard InChI is InChI=1S/C9H13BrN4S/c1-2-3-11-9(15)12-4-5-14-7-8(10)6-13-14/h2,6-7H,1,3-5H2,(H2,11,12,15). The molecule has 0 aromatic carbocycles. The second kappa shape index (κ2) is 6.58. The molecule has 0 atom stereocenters. The first-order chi connectivity index (χ1) is 7.22. The van der Waals surface area contributed by atoms with Gasteiger partial charge in [-0.3, -0.25) is 4.68 Å². The Morgan fingerprint density at radius 1 is 1.67 bits per heavy atom. The van der Waals surface area contributed by atoms with Crippen molar-refractivity contribution in [3.05, 3.63) is 29.5 Å². The first-order valence-corrected chi connectivity index (χ1v) is 5.73. The Hall–Kier alpha value is -0.880. The van der Waals surface area contributed by atoms with E-state index in [9.17, 15) is 0 Å². The third kappa shape index (κ3) is 4.94. The predicted molar refractivity (Wildman–Crippen MR) is 68.7 cm³/mol. The van der Waals surface area contributed by atoms with Gasteiger partial charge in [-0.05, 0) is 28.1 Å². The van der Waals surface area contributed by atoms with E-state index in [1.54, 1.807) is 12.3 Å². The summed E-state index contributed by atoms with van der Waals surface area (Å²) in [5.74, 6) is 0. The van der Waals surface area contributed by atoms with Crippen molar-refractivity contribution in [3.8, 4) is 0 Å². The molecule has 15 heavy (non-hydrogen) atoms. The molecule has 0 aliphatic rings. The van der Waals surface area contributed by atoms with E-state index in [2.05, 4.69) is 38.2 Å². The van der Waals surface area contributed by atoms with Gasteiger partial charge in [0.1, 0.15) is 0 Å². The van der Waals surface area contributed by atoms with Gasteiger partial charge in [0.2, 0.25) is 0 Å². The lowest BCUT2D eigenvalue weighted by Crippen LogP contribution is -2.36. The molecule has 0 unspecified atom stereocenters. The molecule has 0 radical (unpaired) electrons. The number of nitrogens with zero attached hydrogens (tertiary/aromatic N) is 2. The number of thiocarbonyl (C=S) groups is 1. The summed E-state index contributed by atoms with van der Waals surface area (Å²) >= 11 is 8.37. The lowest BCUT2D eigenvalue weighted by atomic mass is 10.6. The predicted octanol–water partition coefficient (Wildman–Crippen LogP) is 1.30. The van der Waals surface area contributed by atoms with Crippen LogP contribution in [0.15, 0.2) is 29.5 Å². The van der Waals surface area contributed by atoms with Crippen LogP contribution in [0.4, 0.5) is 0 Å². The van der Waals surface area contributed by atoms with Gasteiger partial charge >= 0.3 is 0 Å². The summed E-state index contributed by atoms with van der Waals surface area (Å²) in [6.45, 7) is 5.80. The minimum Gasteiger partial charge on any atom is -0.361 e. The monoisotopic (exact) mass is 288 g/mol. The van der Waals surface area contributed by atoms with Crippen molar-refractivity contribution < 1.29 is 0 Å². The van der Waals surface area contributed by atoms with Gasteiger partial charge in [-0.2, -0.15) is 5.10 Å².